The molecule has 1 amide bonds. The Bertz CT molecular complexity index is 717. The minimum Gasteiger partial charge on any atom is -0.444 e. The summed E-state index contributed by atoms with van der Waals surface area (Å²) < 4.78 is 6.15. The van der Waals surface area contributed by atoms with Crippen LogP contribution < -0.4 is 5.73 Å². The van der Waals surface area contributed by atoms with E-state index in [9.17, 15) is 9.59 Å². The largest absolute Gasteiger partial charge is 0.444 e. The highest BCUT2D eigenvalue weighted by atomic mass is 79.9. The quantitative estimate of drug-likeness (QED) is 0.657. The number of nitrogen functional groups attached to an aromatic ring is 1. The van der Waals surface area contributed by atoms with Crippen LogP contribution in [-0.2, 0) is 9.53 Å². The van der Waals surface area contributed by atoms with Gasteiger partial charge in [0.05, 0.1) is 5.56 Å². The number of carbonyl (C=O) groups excluding carboxylic acids is 2. The zero-order valence-corrected chi connectivity index (χ0v) is 14.4. The second-order valence-electron chi connectivity index (χ2n) is 5.16. The molecule has 5 nitrogen and oxygen atoms in total. The van der Waals surface area contributed by atoms with E-state index in [0.717, 1.165) is 0 Å². The lowest BCUT2D eigenvalue weighted by molar-refractivity contribution is -0.138. The van der Waals surface area contributed by atoms with E-state index in [1.54, 1.807) is 56.6 Å². The lowest BCUT2D eigenvalue weighted by Gasteiger charge is -2.21. The van der Waals surface area contributed by atoms with Crippen LogP contribution in [0.1, 0.15) is 22.0 Å². The molecule has 0 unspecified atom stereocenters. The van der Waals surface area contributed by atoms with Crippen molar-refractivity contribution in [3.05, 3.63) is 64.1 Å². The summed E-state index contributed by atoms with van der Waals surface area (Å²) in [5.41, 5.74) is 6.94. The Hall–Kier alpha value is -2.34. The Balaban J connectivity index is 2.32. The molecule has 6 heteroatoms. The summed E-state index contributed by atoms with van der Waals surface area (Å²) >= 11 is 3.29. The third-order valence-corrected chi connectivity index (χ3v) is 3.72. The summed E-state index contributed by atoms with van der Waals surface area (Å²) in [6, 6.07) is 13.8. The number of likely N-dealkylation sites (N-methyl/N-ethyl adjacent to an activating group) is 1. The van der Waals surface area contributed by atoms with Gasteiger partial charge < -0.3 is 15.4 Å². The third-order valence-electron chi connectivity index (χ3n) is 3.23. The first-order valence-electron chi connectivity index (χ1n) is 6.92. The van der Waals surface area contributed by atoms with E-state index < -0.39 is 12.1 Å². The second-order valence-corrected chi connectivity index (χ2v) is 6.08. The first kappa shape index (κ1) is 17.0. The SMILES string of the molecule is CN(C)C(=O)[C@@H](OC(=O)c1cc(Br)ccc1N)c1ccccc1. The summed E-state index contributed by atoms with van der Waals surface area (Å²) in [4.78, 5) is 26.2. The molecule has 0 aliphatic carbocycles. The van der Waals surface area contributed by atoms with E-state index in [1.807, 2.05) is 6.07 Å². The summed E-state index contributed by atoms with van der Waals surface area (Å²) in [6.45, 7) is 0. The van der Waals surface area contributed by atoms with Gasteiger partial charge in [-0.15, -0.1) is 0 Å². The zero-order chi connectivity index (χ0) is 17.0. The van der Waals surface area contributed by atoms with Gasteiger partial charge in [0, 0.05) is 29.8 Å². The molecule has 0 radical (unpaired) electrons. The van der Waals surface area contributed by atoms with E-state index in [2.05, 4.69) is 15.9 Å². The number of carbonyl (C=O) groups is 2. The molecule has 0 saturated heterocycles. The maximum absolute atomic E-state index is 12.4. The van der Waals surface area contributed by atoms with Crippen LogP contribution in [0.2, 0.25) is 0 Å². The number of hydrogen-bond donors (Lipinski definition) is 1. The van der Waals surface area contributed by atoms with Crippen molar-refractivity contribution in [2.24, 2.45) is 0 Å². The van der Waals surface area contributed by atoms with Crippen LogP contribution in [0.4, 0.5) is 5.69 Å². The van der Waals surface area contributed by atoms with E-state index in [0.29, 0.717) is 15.7 Å². The van der Waals surface area contributed by atoms with Crippen molar-refractivity contribution < 1.29 is 14.3 Å². The maximum Gasteiger partial charge on any atom is 0.341 e. The van der Waals surface area contributed by atoms with Gasteiger partial charge in [0.2, 0.25) is 6.10 Å². The number of nitrogens with two attached hydrogens (primary N) is 1. The van der Waals surface area contributed by atoms with Crippen molar-refractivity contribution in [2.75, 3.05) is 19.8 Å². The van der Waals surface area contributed by atoms with Gasteiger partial charge >= 0.3 is 5.97 Å². The summed E-state index contributed by atoms with van der Waals surface area (Å²) in [5, 5.41) is 0. The number of anilines is 1. The lowest BCUT2D eigenvalue weighted by atomic mass is 10.1. The molecular weight excluding hydrogens is 360 g/mol. The third kappa shape index (κ3) is 4.10. The van der Waals surface area contributed by atoms with Crippen molar-refractivity contribution in [1.29, 1.82) is 0 Å². The van der Waals surface area contributed by atoms with E-state index >= 15 is 0 Å². The predicted octanol–water partition coefficient (Wildman–Crippen LogP) is 3.02. The van der Waals surface area contributed by atoms with Gasteiger partial charge in [-0.3, -0.25) is 4.79 Å². The molecule has 0 aliphatic heterocycles. The normalized spacial score (nSPS) is 11.6. The number of ether oxygens (including phenoxy) is 1. The molecular formula is C17H17BrN2O3. The van der Waals surface area contributed by atoms with Gasteiger partial charge in [0.1, 0.15) is 0 Å². The van der Waals surface area contributed by atoms with Gasteiger partial charge in [-0.1, -0.05) is 46.3 Å². The van der Waals surface area contributed by atoms with Gasteiger partial charge in [0.25, 0.3) is 5.91 Å². The number of amides is 1. The fraction of sp³-hybridized carbons (Fsp3) is 0.176. The monoisotopic (exact) mass is 376 g/mol. The van der Waals surface area contributed by atoms with Gasteiger partial charge in [-0.2, -0.15) is 0 Å². The molecule has 0 saturated carbocycles. The molecule has 2 N–H and O–H groups in total. The number of halogens is 1. The molecule has 2 aromatic rings. The molecule has 0 spiro atoms. The van der Waals surface area contributed by atoms with Crippen molar-refractivity contribution in [2.45, 2.75) is 6.10 Å². The Kier molecular flexibility index (Phi) is 5.39. The zero-order valence-electron chi connectivity index (χ0n) is 12.8. The fourth-order valence-corrected chi connectivity index (χ4v) is 2.36. The van der Waals surface area contributed by atoms with Crippen LogP contribution >= 0.6 is 15.9 Å². The summed E-state index contributed by atoms with van der Waals surface area (Å²) in [6.07, 6.45) is -1.02. The Morgan fingerprint density at radius 1 is 1.13 bits per heavy atom. The van der Waals surface area contributed by atoms with Gasteiger partial charge in [-0.25, -0.2) is 4.79 Å². The number of benzene rings is 2. The molecule has 1 atom stereocenters. The topological polar surface area (TPSA) is 72.6 Å². The van der Waals surface area contributed by atoms with Crippen LogP contribution in [-0.4, -0.2) is 30.9 Å². The highest BCUT2D eigenvalue weighted by molar-refractivity contribution is 9.10. The number of rotatable bonds is 4. The Morgan fingerprint density at radius 2 is 1.78 bits per heavy atom. The lowest BCUT2D eigenvalue weighted by Crippen LogP contribution is -2.31. The molecule has 0 bridgehead atoms. The van der Waals surface area contributed by atoms with Crippen LogP contribution in [0, 0.1) is 0 Å². The van der Waals surface area contributed by atoms with Crippen LogP contribution in [0.25, 0.3) is 0 Å². The molecule has 0 aromatic heterocycles. The molecule has 2 rings (SSSR count). The average molecular weight is 377 g/mol. The highest BCUT2D eigenvalue weighted by Gasteiger charge is 2.27. The van der Waals surface area contributed by atoms with Gasteiger partial charge in [0.15, 0.2) is 0 Å². The summed E-state index contributed by atoms with van der Waals surface area (Å²) in [7, 11) is 3.22. The number of nitrogens with zero attached hydrogens (tertiary/aromatic N) is 1. The molecule has 0 fully saturated rings. The minimum absolute atomic E-state index is 0.215. The van der Waals surface area contributed by atoms with Crippen molar-refractivity contribution in [3.8, 4) is 0 Å². The standard InChI is InChI=1S/C17H17BrN2O3/c1-20(2)16(21)15(11-6-4-3-5-7-11)23-17(22)13-10-12(18)8-9-14(13)19/h3-10,15H,19H2,1-2H3/t15-/m0/s1. The van der Waals surface area contributed by atoms with Crippen LogP contribution in [0.15, 0.2) is 53.0 Å². The minimum atomic E-state index is -1.02. The van der Waals surface area contributed by atoms with E-state index in [1.165, 1.54) is 4.90 Å². The van der Waals surface area contributed by atoms with Crippen molar-refractivity contribution in [3.63, 3.8) is 0 Å². The first-order chi connectivity index (χ1) is 10.9. The predicted molar refractivity (Wildman–Crippen MR) is 91.8 cm³/mol. The van der Waals surface area contributed by atoms with E-state index in [-0.39, 0.29) is 11.5 Å². The maximum atomic E-state index is 12.4. The molecule has 120 valence electrons. The fourth-order valence-electron chi connectivity index (χ4n) is 2.00. The first-order valence-corrected chi connectivity index (χ1v) is 7.71. The van der Waals surface area contributed by atoms with Crippen LogP contribution in [0.5, 0.6) is 0 Å². The van der Waals surface area contributed by atoms with E-state index in [4.69, 9.17) is 10.5 Å². The molecule has 23 heavy (non-hydrogen) atoms. The Labute approximate surface area is 143 Å². The molecule has 0 heterocycles. The number of hydrogen-bond acceptors (Lipinski definition) is 4. The average Bonchev–Trinajstić information content (AvgIpc) is 2.54. The number of esters is 1. The van der Waals surface area contributed by atoms with Crippen LogP contribution in [0.3, 0.4) is 0 Å². The molecule has 2 aromatic carbocycles. The van der Waals surface area contributed by atoms with Gasteiger partial charge in [-0.05, 0) is 18.2 Å². The Morgan fingerprint density at radius 3 is 2.39 bits per heavy atom. The smallest absolute Gasteiger partial charge is 0.341 e. The van der Waals surface area contributed by atoms with Crippen molar-refractivity contribution in [1.82, 2.24) is 4.90 Å². The highest BCUT2D eigenvalue weighted by Crippen LogP contribution is 2.24. The molecule has 0 aliphatic rings. The van der Waals surface area contributed by atoms with Crippen molar-refractivity contribution >= 4 is 33.5 Å². The summed E-state index contributed by atoms with van der Waals surface area (Å²) in [5.74, 6) is -0.967. The second kappa shape index (κ2) is 7.28.